The van der Waals surface area contributed by atoms with Crippen LogP contribution in [0.5, 0.6) is 0 Å². The molecule has 0 bridgehead atoms. The summed E-state index contributed by atoms with van der Waals surface area (Å²) in [6, 6.07) is 13.9. The molecule has 1 heterocycles. The average molecular weight is 405 g/mol. The lowest BCUT2D eigenvalue weighted by Gasteiger charge is -2.12. The highest BCUT2D eigenvalue weighted by atomic mass is 35.5. The Balaban J connectivity index is 0.00000280. The van der Waals surface area contributed by atoms with Gasteiger partial charge in [-0.1, -0.05) is 35.5 Å². The van der Waals surface area contributed by atoms with Crippen molar-refractivity contribution in [2.45, 2.75) is 25.8 Å². The van der Waals surface area contributed by atoms with Crippen LogP contribution in [0.3, 0.4) is 0 Å². The van der Waals surface area contributed by atoms with Crippen molar-refractivity contribution >= 4 is 18.3 Å². The SMILES string of the molecule is Cc1cc(-c2noc(CCC(=O)NCC(N)c3ccccc3)n2)ccc1F.Cl. The highest BCUT2D eigenvalue weighted by molar-refractivity contribution is 5.85. The molecule has 0 aliphatic rings. The van der Waals surface area contributed by atoms with Crippen LogP contribution in [-0.4, -0.2) is 22.6 Å². The van der Waals surface area contributed by atoms with Crippen molar-refractivity contribution in [3.8, 4) is 11.4 Å². The third-order valence-corrected chi connectivity index (χ3v) is 4.20. The molecule has 28 heavy (non-hydrogen) atoms. The zero-order chi connectivity index (χ0) is 19.2. The zero-order valence-electron chi connectivity index (χ0n) is 15.4. The first-order valence-electron chi connectivity index (χ1n) is 8.69. The fourth-order valence-corrected chi connectivity index (χ4v) is 2.61. The molecule has 3 rings (SSSR count). The highest BCUT2D eigenvalue weighted by Gasteiger charge is 2.13. The predicted octanol–water partition coefficient (Wildman–Crippen LogP) is 3.35. The van der Waals surface area contributed by atoms with Crippen LogP contribution < -0.4 is 11.1 Å². The Morgan fingerprint density at radius 1 is 1.25 bits per heavy atom. The third kappa shape index (κ3) is 5.61. The van der Waals surface area contributed by atoms with Crippen molar-refractivity contribution < 1.29 is 13.7 Å². The summed E-state index contributed by atoms with van der Waals surface area (Å²) in [4.78, 5) is 16.3. The number of aryl methyl sites for hydroxylation is 2. The minimum atomic E-state index is -0.284. The molecule has 0 radical (unpaired) electrons. The van der Waals surface area contributed by atoms with Gasteiger partial charge in [-0.25, -0.2) is 4.39 Å². The second-order valence-electron chi connectivity index (χ2n) is 6.30. The van der Waals surface area contributed by atoms with Crippen molar-refractivity contribution in [1.29, 1.82) is 0 Å². The van der Waals surface area contributed by atoms with E-state index in [4.69, 9.17) is 10.3 Å². The van der Waals surface area contributed by atoms with Crippen LogP contribution in [0.2, 0.25) is 0 Å². The maximum atomic E-state index is 13.3. The molecule has 3 aromatic rings. The summed E-state index contributed by atoms with van der Waals surface area (Å²) in [7, 11) is 0. The number of nitrogens with two attached hydrogens (primary N) is 1. The smallest absolute Gasteiger partial charge is 0.227 e. The van der Waals surface area contributed by atoms with Crippen molar-refractivity contribution in [3.05, 3.63) is 71.4 Å². The highest BCUT2D eigenvalue weighted by Crippen LogP contribution is 2.19. The standard InChI is InChI=1S/C20H21FN4O2.ClH/c1-13-11-15(7-8-16(13)21)20-24-19(27-25-20)10-9-18(26)23-12-17(22)14-5-3-2-4-6-14;/h2-8,11,17H,9-10,12,22H2,1H3,(H,23,26);1H. The second kappa shape index (κ2) is 9.96. The quantitative estimate of drug-likeness (QED) is 0.629. The Morgan fingerprint density at radius 2 is 2.00 bits per heavy atom. The van der Waals surface area contributed by atoms with Crippen LogP contribution in [0.15, 0.2) is 53.1 Å². The Hall–Kier alpha value is -2.77. The molecule has 1 atom stereocenters. The summed E-state index contributed by atoms with van der Waals surface area (Å²) in [5.41, 5.74) is 8.20. The first-order chi connectivity index (χ1) is 13.0. The summed E-state index contributed by atoms with van der Waals surface area (Å²) in [5, 5.41) is 6.70. The van der Waals surface area contributed by atoms with Gasteiger partial charge in [-0.2, -0.15) is 4.98 Å². The van der Waals surface area contributed by atoms with E-state index in [1.807, 2.05) is 30.3 Å². The number of nitrogens with zero attached hydrogens (tertiary/aromatic N) is 2. The molecule has 0 fully saturated rings. The largest absolute Gasteiger partial charge is 0.354 e. The van der Waals surface area contributed by atoms with E-state index in [2.05, 4.69) is 15.5 Å². The molecule has 3 N–H and O–H groups in total. The van der Waals surface area contributed by atoms with Crippen LogP contribution >= 0.6 is 12.4 Å². The maximum Gasteiger partial charge on any atom is 0.227 e. The van der Waals surface area contributed by atoms with Gasteiger partial charge in [0.25, 0.3) is 0 Å². The van der Waals surface area contributed by atoms with E-state index < -0.39 is 0 Å². The molecule has 1 unspecified atom stereocenters. The third-order valence-electron chi connectivity index (χ3n) is 4.20. The number of aromatic nitrogens is 2. The van der Waals surface area contributed by atoms with E-state index >= 15 is 0 Å². The van der Waals surface area contributed by atoms with Crippen molar-refractivity contribution in [2.75, 3.05) is 6.54 Å². The molecule has 0 spiro atoms. The number of hydrogen-bond donors (Lipinski definition) is 2. The molecule has 0 aliphatic carbocycles. The van der Waals surface area contributed by atoms with Crippen LogP contribution in [0.4, 0.5) is 4.39 Å². The van der Waals surface area contributed by atoms with Gasteiger partial charge < -0.3 is 15.6 Å². The summed E-state index contributed by atoms with van der Waals surface area (Å²) >= 11 is 0. The molecule has 2 aromatic carbocycles. The van der Waals surface area contributed by atoms with E-state index in [1.165, 1.54) is 6.07 Å². The van der Waals surface area contributed by atoms with Gasteiger partial charge in [0.05, 0.1) is 0 Å². The minimum absolute atomic E-state index is 0. The number of benzene rings is 2. The normalized spacial score (nSPS) is 11.5. The molecule has 1 aromatic heterocycles. The predicted molar refractivity (Wildman–Crippen MR) is 106 cm³/mol. The molecule has 0 aliphatic heterocycles. The molecule has 0 saturated carbocycles. The lowest BCUT2D eigenvalue weighted by Crippen LogP contribution is -2.32. The van der Waals surface area contributed by atoms with E-state index in [1.54, 1.807) is 19.1 Å². The summed E-state index contributed by atoms with van der Waals surface area (Å²) in [6.07, 6.45) is 0.533. The van der Waals surface area contributed by atoms with Crippen molar-refractivity contribution in [3.63, 3.8) is 0 Å². The van der Waals surface area contributed by atoms with Gasteiger partial charge in [0.1, 0.15) is 5.82 Å². The number of rotatable bonds is 7. The lowest BCUT2D eigenvalue weighted by molar-refractivity contribution is -0.121. The van der Waals surface area contributed by atoms with Gasteiger partial charge in [-0.15, -0.1) is 12.4 Å². The van der Waals surface area contributed by atoms with Crippen LogP contribution in [-0.2, 0) is 11.2 Å². The molecule has 0 saturated heterocycles. The number of halogens is 2. The Morgan fingerprint density at radius 3 is 2.71 bits per heavy atom. The number of amides is 1. The molecule has 1 amide bonds. The fourth-order valence-electron chi connectivity index (χ4n) is 2.61. The Labute approximate surface area is 168 Å². The second-order valence-corrected chi connectivity index (χ2v) is 6.30. The number of carbonyl (C=O) groups is 1. The molecular formula is C20H22ClFN4O2. The monoisotopic (exact) mass is 404 g/mol. The number of carbonyl (C=O) groups excluding carboxylic acids is 1. The van der Waals surface area contributed by atoms with Crippen LogP contribution in [0, 0.1) is 12.7 Å². The molecule has 6 nitrogen and oxygen atoms in total. The zero-order valence-corrected chi connectivity index (χ0v) is 16.2. The van der Waals surface area contributed by atoms with Gasteiger partial charge in [-0.3, -0.25) is 4.79 Å². The first kappa shape index (κ1) is 21.5. The Bertz CT molecular complexity index is 918. The summed E-state index contributed by atoms with van der Waals surface area (Å²) in [6.45, 7) is 2.02. The van der Waals surface area contributed by atoms with E-state index in [0.29, 0.717) is 35.8 Å². The summed E-state index contributed by atoms with van der Waals surface area (Å²) < 4.78 is 18.5. The molecule has 8 heteroatoms. The van der Waals surface area contributed by atoms with Gasteiger partial charge >= 0.3 is 0 Å². The van der Waals surface area contributed by atoms with Gasteiger partial charge in [-0.05, 0) is 36.2 Å². The van der Waals surface area contributed by atoms with Gasteiger partial charge in [0.2, 0.25) is 17.6 Å². The number of nitrogens with one attached hydrogen (secondary N) is 1. The molecule has 148 valence electrons. The first-order valence-corrected chi connectivity index (χ1v) is 8.69. The Kier molecular flexibility index (Phi) is 7.66. The topological polar surface area (TPSA) is 94.0 Å². The van der Waals surface area contributed by atoms with E-state index in [9.17, 15) is 9.18 Å². The fraction of sp³-hybridized carbons (Fsp3) is 0.250. The number of hydrogen-bond acceptors (Lipinski definition) is 5. The van der Waals surface area contributed by atoms with Gasteiger partial charge in [0.15, 0.2) is 0 Å². The van der Waals surface area contributed by atoms with Crippen molar-refractivity contribution in [2.24, 2.45) is 5.73 Å². The van der Waals surface area contributed by atoms with Crippen LogP contribution in [0.25, 0.3) is 11.4 Å². The van der Waals surface area contributed by atoms with Gasteiger partial charge in [0, 0.05) is 31.0 Å². The van der Waals surface area contributed by atoms with Crippen LogP contribution in [0.1, 0.15) is 29.5 Å². The summed E-state index contributed by atoms with van der Waals surface area (Å²) in [5.74, 6) is 0.306. The lowest BCUT2D eigenvalue weighted by atomic mass is 10.1. The maximum absolute atomic E-state index is 13.3. The van der Waals surface area contributed by atoms with E-state index in [0.717, 1.165) is 5.56 Å². The molecular weight excluding hydrogens is 383 g/mol. The minimum Gasteiger partial charge on any atom is -0.354 e. The average Bonchev–Trinajstić information content (AvgIpc) is 3.16. The van der Waals surface area contributed by atoms with Crippen molar-refractivity contribution in [1.82, 2.24) is 15.5 Å². The van der Waals surface area contributed by atoms with E-state index in [-0.39, 0.29) is 36.6 Å².